The van der Waals surface area contributed by atoms with Gasteiger partial charge in [-0.1, -0.05) is 53.2 Å². The largest absolute Gasteiger partial charge is 0.484 e. The minimum absolute atomic E-state index is 0.168. The highest BCUT2D eigenvalue weighted by atomic mass is 35.5. The first-order chi connectivity index (χ1) is 14.0. The van der Waals surface area contributed by atoms with Crippen LogP contribution in [0.4, 0.5) is 5.69 Å². The molecule has 0 bridgehead atoms. The van der Waals surface area contributed by atoms with Gasteiger partial charge in [0.05, 0.1) is 21.5 Å². The van der Waals surface area contributed by atoms with Crippen molar-refractivity contribution in [2.75, 3.05) is 11.1 Å². The van der Waals surface area contributed by atoms with Crippen LogP contribution < -0.4 is 10.1 Å². The lowest BCUT2D eigenvalue weighted by Gasteiger charge is -2.10. The Hall–Kier alpha value is -2.22. The molecule has 0 radical (unpaired) electrons. The Morgan fingerprint density at radius 1 is 1.17 bits per heavy atom. The lowest BCUT2D eigenvalue weighted by Crippen LogP contribution is -2.15. The summed E-state index contributed by atoms with van der Waals surface area (Å²) < 4.78 is 7.73. The van der Waals surface area contributed by atoms with Crippen LogP contribution in [-0.4, -0.2) is 26.4 Å². The number of nitrogens with zero attached hydrogens (tertiary/aromatic N) is 3. The number of nitrogens with one attached hydrogen (secondary N) is 1. The topological polar surface area (TPSA) is 69.0 Å². The maximum atomic E-state index is 12.2. The summed E-state index contributed by atoms with van der Waals surface area (Å²) in [5.41, 5.74) is 1.64. The Labute approximate surface area is 183 Å². The third-order valence-corrected chi connectivity index (χ3v) is 5.64. The minimum atomic E-state index is -0.168. The molecule has 1 N–H and O–H groups in total. The van der Waals surface area contributed by atoms with Gasteiger partial charge in [-0.25, -0.2) is 0 Å². The Balaban J connectivity index is 1.61. The van der Waals surface area contributed by atoms with Crippen molar-refractivity contribution < 1.29 is 9.53 Å². The summed E-state index contributed by atoms with van der Waals surface area (Å²) in [6, 6.07) is 12.7. The maximum absolute atomic E-state index is 12.2. The second-order valence-electron chi connectivity index (χ2n) is 6.18. The zero-order valence-electron chi connectivity index (χ0n) is 16.0. The molecule has 0 spiro atoms. The molecule has 0 fully saturated rings. The number of aromatic nitrogens is 3. The fraction of sp³-hybridized carbons (Fsp3) is 0.250. The highest BCUT2D eigenvalue weighted by molar-refractivity contribution is 7.99. The van der Waals surface area contributed by atoms with Crippen molar-refractivity contribution in [3.8, 4) is 5.75 Å². The first-order valence-electron chi connectivity index (χ1n) is 8.96. The van der Waals surface area contributed by atoms with Crippen LogP contribution in [0.15, 0.2) is 47.6 Å². The first-order valence-corrected chi connectivity index (χ1v) is 10.7. The Morgan fingerprint density at radius 3 is 2.72 bits per heavy atom. The molecule has 1 aromatic heterocycles. The van der Waals surface area contributed by atoms with Crippen LogP contribution in [0.1, 0.15) is 18.3 Å². The van der Waals surface area contributed by atoms with E-state index in [1.165, 1.54) is 11.8 Å². The number of rotatable bonds is 8. The molecule has 0 aliphatic rings. The number of carbonyl (C=O) groups excluding carboxylic acids is 1. The molecular formula is C20H20Cl2N4O2S. The SMILES string of the molecule is CCn1c(COc2cc(C)ccc2Cl)nnc1SCC(=O)Nc1ccccc1Cl. The van der Waals surface area contributed by atoms with E-state index in [4.69, 9.17) is 27.9 Å². The van der Waals surface area contributed by atoms with Gasteiger partial charge in [-0.3, -0.25) is 4.79 Å². The van der Waals surface area contributed by atoms with E-state index in [2.05, 4.69) is 15.5 Å². The van der Waals surface area contributed by atoms with Gasteiger partial charge in [0.1, 0.15) is 12.4 Å². The summed E-state index contributed by atoms with van der Waals surface area (Å²) in [4.78, 5) is 12.2. The highest BCUT2D eigenvalue weighted by Crippen LogP contribution is 2.27. The third-order valence-electron chi connectivity index (χ3n) is 4.03. The van der Waals surface area contributed by atoms with E-state index in [0.717, 1.165) is 5.56 Å². The quantitative estimate of drug-likeness (QED) is 0.476. The number of hydrogen-bond acceptors (Lipinski definition) is 5. The molecular weight excluding hydrogens is 431 g/mol. The Morgan fingerprint density at radius 2 is 1.97 bits per heavy atom. The van der Waals surface area contributed by atoms with Crippen molar-refractivity contribution in [1.29, 1.82) is 0 Å². The number of hydrogen-bond donors (Lipinski definition) is 1. The normalized spacial score (nSPS) is 10.8. The monoisotopic (exact) mass is 450 g/mol. The molecule has 152 valence electrons. The molecule has 29 heavy (non-hydrogen) atoms. The standard InChI is InChI=1S/C20H20Cl2N4O2S/c1-3-26-18(11-28-17-10-13(2)8-9-15(17)22)24-25-20(26)29-12-19(27)23-16-7-5-4-6-14(16)21/h4-10H,3,11-12H2,1-2H3,(H,23,27). The molecule has 1 amide bonds. The van der Waals surface area contributed by atoms with E-state index in [1.807, 2.05) is 42.7 Å². The fourth-order valence-corrected chi connectivity index (χ4v) is 3.77. The number of amides is 1. The zero-order chi connectivity index (χ0) is 20.8. The number of anilines is 1. The van der Waals surface area contributed by atoms with Crippen LogP contribution in [0.2, 0.25) is 10.0 Å². The Kier molecular flexibility index (Phi) is 7.41. The van der Waals surface area contributed by atoms with Crippen molar-refractivity contribution in [1.82, 2.24) is 14.8 Å². The number of halogens is 2. The van der Waals surface area contributed by atoms with Crippen LogP contribution in [0, 0.1) is 6.92 Å². The molecule has 0 aliphatic heterocycles. The van der Waals surface area contributed by atoms with Gasteiger partial charge in [-0.15, -0.1) is 10.2 Å². The van der Waals surface area contributed by atoms with Gasteiger partial charge in [-0.05, 0) is 43.7 Å². The summed E-state index contributed by atoms with van der Waals surface area (Å²) in [6.07, 6.45) is 0. The number of carbonyl (C=O) groups is 1. The van der Waals surface area contributed by atoms with Crippen LogP contribution in [-0.2, 0) is 17.9 Å². The number of benzene rings is 2. The molecule has 2 aromatic carbocycles. The molecule has 0 saturated carbocycles. The average Bonchev–Trinajstić information content (AvgIpc) is 3.10. The van der Waals surface area contributed by atoms with Gasteiger partial charge in [0.25, 0.3) is 0 Å². The summed E-state index contributed by atoms with van der Waals surface area (Å²) in [5, 5.41) is 12.9. The zero-order valence-corrected chi connectivity index (χ0v) is 18.3. The van der Waals surface area contributed by atoms with E-state index in [1.54, 1.807) is 18.2 Å². The summed E-state index contributed by atoms with van der Waals surface area (Å²) in [5.74, 6) is 1.29. The number of ether oxygens (including phenoxy) is 1. The molecule has 3 aromatic rings. The van der Waals surface area contributed by atoms with E-state index < -0.39 is 0 Å². The van der Waals surface area contributed by atoms with Gasteiger partial charge in [0, 0.05) is 6.54 Å². The van der Waals surface area contributed by atoms with Crippen molar-refractivity contribution in [3.63, 3.8) is 0 Å². The van der Waals surface area contributed by atoms with E-state index in [0.29, 0.717) is 39.0 Å². The van der Waals surface area contributed by atoms with Crippen molar-refractivity contribution in [2.24, 2.45) is 0 Å². The maximum Gasteiger partial charge on any atom is 0.234 e. The molecule has 1 heterocycles. The van der Waals surface area contributed by atoms with Crippen molar-refractivity contribution in [2.45, 2.75) is 32.2 Å². The van der Waals surface area contributed by atoms with E-state index >= 15 is 0 Å². The Bertz CT molecular complexity index is 1010. The van der Waals surface area contributed by atoms with Gasteiger partial charge in [0.15, 0.2) is 11.0 Å². The van der Waals surface area contributed by atoms with Gasteiger partial charge < -0.3 is 14.6 Å². The van der Waals surface area contributed by atoms with Crippen LogP contribution in [0.25, 0.3) is 0 Å². The van der Waals surface area contributed by atoms with Gasteiger partial charge in [-0.2, -0.15) is 0 Å². The first kappa shape index (κ1) is 21.5. The minimum Gasteiger partial charge on any atom is -0.484 e. The van der Waals surface area contributed by atoms with Crippen LogP contribution in [0.5, 0.6) is 5.75 Å². The number of aryl methyl sites for hydroxylation is 1. The predicted octanol–water partition coefficient (Wildman–Crippen LogP) is 5.22. The lowest BCUT2D eigenvalue weighted by atomic mass is 10.2. The van der Waals surface area contributed by atoms with E-state index in [-0.39, 0.29) is 18.3 Å². The molecule has 0 atom stereocenters. The fourth-order valence-electron chi connectivity index (χ4n) is 2.59. The van der Waals surface area contributed by atoms with Crippen molar-refractivity contribution >= 4 is 46.6 Å². The molecule has 9 heteroatoms. The number of thioether (sulfide) groups is 1. The summed E-state index contributed by atoms with van der Waals surface area (Å²) in [6.45, 7) is 4.85. The molecule has 0 aliphatic carbocycles. The van der Waals surface area contributed by atoms with Crippen LogP contribution in [0.3, 0.4) is 0 Å². The predicted molar refractivity (Wildman–Crippen MR) is 117 cm³/mol. The summed E-state index contributed by atoms with van der Waals surface area (Å²) in [7, 11) is 0. The van der Waals surface area contributed by atoms with E-state index in [9.17, 15) is 4.79 Å². The molecule has 3 rings (SSSR count). The summed E-state index contributed by atoms with van der Waals surface area (Å²) >= 11 is 13.6. The highest BCUT2D eigenvalue weighted by Gasteiger charge is 2.15. The second kappa shape index (κ2) is 10.0. The molecule has 0 saturated heterocycles. The average molecular weight is 451 g/mol. The smallest absolute Gasteiger partial charge is 0.234 e. The number of para-hydroxylation sites is 1. The van der Waals surface area contributed by atoms with Crippen molar-refractivity contribution in [3.05, 3.63) is 63.9 Å². The molecule has 6 nitrogen and oxygen atoms in total. The molecule has 0 unspecified atom stereocenters. The van der Waals surface area contributed by atoms with Crippen LogP contribution >= 0.6 is 35.0 Å². The second-order valence-corrected chi connectivity index (χ2v) is 7.94. The third kappa shape index (κ3) is 5.65. The van der Waals surface area contributed by atoms with Gasteiger partial charge in [0.2, 0.25) is 5.91 Å². The lowest BCUT2D eigenvalue weighted by molar-refractivity contribution is -0.113. The van der Waals surface area contributed by atoms with Gasteiger partial charge >= 0.3 is 0 Å².